The minimum Gasteiger partial charge on any atom is -0.450 e. The standard InChI is InChI=1S/C18H32O5/c1-2-3-4-5-6-7-14-8-10-15(11-9-14)17-21-12-16(13-22-17)23-18(19)20/h14-17H,2-13H2,1H3,(H,19,20)/t14?,15?,16-,17-. The van der Waals surface area contributed by atoms with Crippen molar-refractivity contribution in [1.82, 2.24) is 0 Å². The Hall–Kier alpha value is -0.810. The molecule has 0 bridgehead atoms. The molecule has 23 heavy (non-hydrogen) atoms. The maximum absolute atomic E-state index is 10.5. The third kappa shape index (κ3) is 6.68. The quantitative estimate of drug-likeness (QED) is 0.521. The number of hydrogen-bond donors (Lipinski definition) is 1. The summed E-state index contributed by atoms with van der Waals surface area (Å²) in [5.74, 6) is 1.33. The van der Waals surface area contributed by atoms with E-state index in [1.807, 2.05) is 0 Å². The van der Waals surface area contributed by atoms with E-state index < -0.39 is 12.3 Å². The fourth-order valence-corrected chi connectivity index (χ4v) is 3.77. The van der Waals surface area contributed by atoms with Crippen molar-refractivity contribution in [3.63, 3.8) is 0 Å². The highest BCUT2D eigenvalue weighted by molar-refractivity contribution is 5.57. The highest BCUT2D eigenvalue weighted by atomic mass is 16.7. The maximum Gasteiger partial charge on any atom is 0.506 e. The Labute approximate surface area is 139 Å². The Morgan fingerprint density at radius 3 is 2.30 bits per heavy atom. The van der Waals surface area contributed by atoms with Gasteiger partial charge in [0, 0.05) is 5.92 Å². The average Bonchev–Trinajstić information content (AvgIpc) is 2.55. The van der Waals surface area contributed by atoms with Crippen LogP contribution in [0, 0.1) is 11.8 Å². The summed E-state index contributed by atoms with van der Waals surface area (Å²) in [6.45, 7) is 2.88. The molecule has 1 heterocycles. The second-order valence-corrected chi connectivity index (χ2v) is 7.02. The van der Waals surface area contributed by atoms with Crippen LogP contribution in [0.3, 0.4) is 0 Å². The zero-order valence-corrected chi connectivity index (χ0v) is 14.4. The molecule has 5 heteroatoms. The third-order valence-electron chi connectivity index (χ3n) is 5.15. The van der Waals surface area contributed by atoms with Crippen molar-refractivity contribution >= 4 is 6.16 Å². The lowest BCUT2D eigenvalue weighted by Gasteiger charge is -2.37. The molecule has 1 saturated heterocycles. The Morgan fingerprint density at radius 2 is 1.70 bits per heavy atom. The molecule has 1 saturated carbocycles. The fraction of sp³-hybridized carbons (Fsp3) is 0.944. The largest absolute Gasteiger partial charge is 0.506 e. The van der Waals surface area contributed by atoms with Crippen molar-refractivity contribution in [2.45, 2.75) is 83.5 Å². The van der Waals surface area contributed by atoms with Gasteiger partial charge in [0.15, 0.2) is 12.4 Å². The van der Waals surface area contributed by atoms with Crippen LogP contribution in [0.25, 0.3) is 0 Å². The van der Waals surface area contributed by atoms with Crippen molar-refractivity contribution < 1.29 is 24.1 Å². The Balaban J connectivity index is 1.57. The molecule has 1 aliphatic carbocycles. The zero-order valence-electron chi connectivity index (χ0n) is 14.4. The van der Waals surface area contributed by atoms with E-state index in [9.17, 15) is 4.79 Å². The zero-order chi connectivity index (χ0) is 16.5. The summed E-state index contributed by atoms with van der Waals surface area (Å²) in [4.78, 5) is 10.5. The van der Waals surface area contributed by atoms with Crippen molar-refractivity contribution in [3.8, 4) is 0 Å². The molecule has 0 atom stereocenters. The van der Waals surface area contributed by atoms with Gasteiger partial charge in [0.25, 0.3) is 0 Å². The molecule has 0 amide bonds. The Morgan fingerprint density at radius 1 is 1.04 bits per heavy atom. The summed E-state index contributed by atoms with van der Waals surface area (Å²) in [5, 5.41) is 8.59. The van der Waals surface area contributed by atoms with E-state index >= 15 is 0 Å². The molecular weight excluding hydrogens is 296 g/mol. The van der Waals surface area contributed by atoms with Crippen LogP contribution in [0.15, 0.2) is 0 Å². The van der Waals surface area contributed by atoms with Gasteiger partial charge in [-0.3, -0.25) is 0 Å². The van der Waals surface area contributed by atoms with Gasteiger partial charge >= 0.3 is 6.16 Å². The predicted octanol–water partition coefficient (Wildman–Crippen LogP) is 4.59. The summed E-state index contributed by atoms with van der Waals surface area (Å²) in [6.07, 6.45) is 11.1. The molecule has 2 rings (SSSR count). The highest BCUT2D eigenvalue weighted by Gasteiger charge is 2.33. The number of carboxylic acid groups (broad SMARTS) is 1. The van der Waals surface area contributed by atoms with E-state index in [2.05, 4.69) is 11.7 Å². The van der Waals surface area contributed by atoms with Crippen molar-refractivity contribution in [2.24, 2.45) is 11.8 Å². The van der Waals surface area contributed by atoms with Crippen molar-refractivity contribution in [2.75, 3.05) is 13.2 Å². The first-order chi connectivity index (χ1) is 11.2. The van der Waals surface area contributed by atoms with Gasteiger partial charge in [0.1, 0.15) is 0 Å². The summed E-state index contributed by atoms with van der Waals surface area (Å²) >= 11 is 0. The van der Waals surface area contributed by atoms with Crippen LogP contribution in [0.5, 0.6) is 0 Å². The van der Waals surface area contributed by atoms with Gasteiger partial charge in [-0.2, -0.15) is 0 Å². The normalized spacial score (nSPS) is 31.7. The lowest BCUT2D eigenvalue weighted by molar-refractivity contribution is -0.243. The van der Waals surface area contributed by atoms with Crippen LogP contribution in [0.4, 0.5) is 4.79 Å². The molecule has 0 unspecified atom stereocenters. The van der Waals surface area contributed by atoms with Crippen molar-refractivity contribution in [1.29, 1.82) is 0 Å². The van der Waals surface area contributed by atoms with Gasteiger partial charge in [0.2, 0.25) is 0 Å². The van der Waals surface area contributed by atoms with E-state index in [-0.39, 0.29) is 6.29 Å². The van der Waals surface area contributed by atoms with Gasteiger partial charge in [0.05, 0.1) is 13.2 Å². The van der Waals surface area contributed by atoms with Gasteiger partial charge in [-0.05, 0) is 31.6 Å². The summed E-state index contributed by atoms with van der Waals surface area (Å²) < 4.78 is 16.0. The lowest BCUT2D eigenvalue weighted by atomic mass is 9.79. The second-order valence-electron chi connectivity index (χ2n) is 7.02. The van der Waals surface area contributed by atoms with E-state index in [4.69, 9.17) is 14.6 Å². The average molecular weight is 328 g/mol. The maximum atomic E-state index is 10.5. The molecule has 0 radical (unpaired) electrons. The van der Waals surface area contributed by atoms with Crippen LogP contribution >= 0.6 is 0 Å². The lowest BCUT2D eigenvalue weighted by Crippen LogP contribution is -2.42. The summed E-state index contributed by atoms with van der Waals surface area (Å²) in [7, 11) is 0. The highest BCUT2D eigenvalue weighted by Crippen LogP contribution is 2.35. The van der Waals surface area contributed by atoms with E-state index in [1.54, 1.807) is 0 Å². The van der Waals surface area contributed by atoms with Gasteiger partial charge in [-0.25, -0.2) is 4.79 Å². The number of unbranched alkanes of at least 4 members (excludes halogenated alkanes) is 4. The molecule has 0 spiro atoms. The van der Waals surface area contributed by atoms with E-state index in [0.29, 0.717) is 19.1 Å². The van der Waals surface area contributed by atoms with Crippen LogP contribution in [-0.4, -0.2) is 36.9 Å². The van der Waals surface area contributed by atoms with Gasteiger partial charge < -0.3 is 19.3 Å². The molecule has 134 valence electrons. The van der Waals surface area contributed by atoms with Crippen LogP contribution in [-0.2, 0) is 14.2 Å². The number of rotatable bonds is 8. The Bertz CT molecular complexity index is 330. The summed E-state index contributed by atoms with van der Waals surface area (Å²) in [5.41, 5.74) is 0. The minimum absolute atomic E-state index is 0.172. The molecular formula is C18H32O5. The molecule has 0 aromatic heterocycles. The van der Waals surface area contributed by atoms with Gasteiger partial charge in [-0.1, -0.05) is 45.4 Å². The number of carbonyl (C=O) groups is 1. The monoisotopic (exact) mass is 328 g/mol. The third-order valence-corrected chi connectivity index (χ3v) is 5.15. The first-order valence-electron chi connectivity index (χ1n) is 9.31. The van der Waals surface area contributed by atoms with Crippen LogP contribution < -0.4 is 0 Å². The van der Waals surface area contributed by atoms with Crippen molar-refractivity contribution in [3.05, 3.63) is 0 Å². The minimum atomic E-state index is -1.26. The van der Waals surface area contributed by atoms with E-state index in [1.165, 1.54) is 51.4 Å². The molecule has 0 aromatic rings. The number of ether oxygens (including phenoxy) is 3. The second kappa shape index (κ2) is 10.1. The first kappa shape index (κ1) is 18.5. The number of hydrogen-bond acceptors (Lipinski definition) is 4. The molecule has 1 N–H and O–H groups in total. The fourth-order valence-electron chi connectivity index (χ4n) is 3.77. The van der Waals surface area contributed by atoms with E-state index in [0.717, 1.165) is 18.8 Å². The molecule has 0 aromatic carbocycles. The smallest absolute Gasteiger partial charge is 0.450 e. The predicted molar refractivity (Wildman–Crippen MR) is 87.4 cm³/mol. The first-order valence-corrected chi connectivity index (χ1v) is 9.31. The van der Waals surface area contributed by atoms with Gasteiger partial charge in [-0.15, -0.1) is 0 Å². The van der Waals surface area contributed by atoms with Crippen LogP contribution in [0.1, 0.15) is 71.1 Å². The SMILES string of the molecule is CCCCCCCC1CCC([C@H]2OC[C@H](OC(=O)O)CO2)CC1. The summed E-state index contributed by atoms with van der Waals surface area (Å²) in [6, 6.07) is 0. The van der Waals surface area contributed by atoms with Crippen LogP contribution in [0.2, 0.25) is 0 Å². The molecule has 5 nitrogen and oxygen atoms in total. The Kier molecular flexibility index (Phi) is 8.17. The molecule has 2 aliphatic rings. The topological polar surface area (TPSA) is 65.0 Å². The molecule has 2 fully saturated rings. The molecule has 1 aliphatic heterocycles.